The molecule has 2 aromatic heterocycles. The summed E-state index contributed by atoms with van der Waals surface area (Å²) in [5.41, 5.74) is 1.12. The van der Waals surface area contributed by atoms with E-state index >= 15 is 0 Å². The van der Waals surface area contributed by atoms with Crippen molar-refractivity contribution in [1.82, 2.24) is 24.2 Å². The molecule has 1 aliphatic heterocycles. The van der Waals surface area contributed by atoms with Crippen molar-refractivity contribution < 1.29 is 4.79 Å². The van der Waals surface area contributed by atoms with Gasteiger partial charge in [0.15, 0.2) is 11.3 Å². The Kier molecular flexibility index (Phi) is 3.33. The molecule has 126 valence electrons. The first-order chi connectivity index (χ1) is 11.8. The van der Waals surface area contributed by atoms with Crippen LogP contribution >= 0.6 is 0 Å². The molecule has 3 atom stereocenters. The number of hydrogen-bond acceptors (Lipinski definition) is 4. The Balaban J connectivity index is 1.28. The number of aromatic nitrogens is 3. The van der Waals surface area contributed by atoms with E-state index < -0.39 is 0 Å². The van der Waals surface area contributed by atoms with Crippen LogP contribution < -0.4 is 0 Å². The van der Waals surface area contributed by atoms with E-state index in [4.69, 9.17) is 0 Å². The Bertz CT molecular complexity index is 764. The van der Waals surface area contributed by atoms with Crippen LogP contribution in [0.5, 0.6) is 0 Å². The SMILES string of the molecule is O=C(c1nccn2ccnc12)N1CCN([C@H]2C[C@H]3CC[C@@H]2C3)CC1. The van der Waals surface area contributed by atoms with E-state index in [0.29, 0.717) is 11.3 Å². The molecule has 0 N–H and O–H groups in total. The zero-order valence-corrected chi connectivity index (χ0v) is 13.8. The monoisotopic (exact) mass is 325 g/mol. The predicted molar refractivity (Wildman–Crippen MR) is 89.7 cm³/mol. The molecule has 0 radical (unpaired) electrons. The number of hydrogen-bond donors (Lipinski definition) is 0. The van der Waals surface area contributed by atoms with Crippen molar-refractivity contribution in [3.63, 3.8) is 0 Å². The summed E-state index contributed by atoms with van der Waals surface area (Å²) in [4.78, 5) is 26.0. The van der Waals surface area contributed by atoms with E-state index in [9.17, 15) is 4.79 Å². The summed E-state index contributed by atoms with van der Waals surface area (Å²) in [7, 11) is 0. The summed E-state index contributed by atoms with van der Waals surface area (Å²) in [5.74, 6) is 1.90. The van der Waals surface area contributed by atoms with Crippen LogP contribution in [0, 0.1) is 11.8 Å². The second-order valence-corrected chi connectivity index (χ2v) is 7.50. The molecule has 2 saturated carbocycles. The molecule has 0 spiro atoms. The third-order valence-electron chi connectivity index (χ3n) is 6.29. The molecular formula is C18H23N5O. The molecule has 1 saturated heterocycles. The van der Waals surface area contributed by atoms with E-state index in [-0.39, 0.29) is 5.91 Å². The number of amides is 1. The highest BCUT2D eigenvalue weighted by molar-refractivity contribution is 5.97. The number of carbonyl (C=O) groups is 1. The van der Waals surface area contributed by atoms with Crippen molar-refractivity contribution in [2.45, 2.75) is 31.7 Å². The topological polar surface area (TPSA) is 53.7 Å². The standard InChI is InChI=1S/C18H23N5O/c24-18(16-17-20-4-6-22(17)5-3-19-16)23-9-7-21(8-10-23)15-12-13-1-2-14(15)11-13/h3-6,13-15H,1-2,7-12H2/t13-,14+,15-/m0/s1. The van der Waals surface area contributed by atoms with Crippen molar-refractivity contribution in [2.24, 2.45) is 11.8 Å². The van der Waals surface area contributed by atoms with E-state index in [0.717, 1.165) is 44.1 Å². The normalized spacial score (nSPS) is 30.3. The summed E-state index contributed by atoms with van der Waals surface area (Å²) in [5, 5.41) is 0. The highest BCUT2D eigenvalue weighted by Gasteiger charge is 2.43. The van der Waals surface area contributed by atoms with E-state index in [1.165, 1.54) is 25.7 Å². The molecule has 3 heterocycles. The Morgan fingerprint density at radius 3 is 2.50 bits per heavy atom. The molecule has 2 aliphatic carbocycles. The minimum absolute atomic E-state index is 0.0133. The van der Waals surface area contributed by atoms with Gasteiger partial charge in [0.25, 0.3) is 5.91 Å². The van der Waals surface area contributed by atoms with Crippen LogP contribution in [0.3, 0.4) is 0 Å². The Labute approximate surface area is 141 Å². The van der Waals surface area contributed by atoms with Crippen LogP contribution in [0.2, 0.25) is 0 Å². The Morgan fingerprint density at radius 2 is 1.79 bits per heavy atom. The Morgan fingerprint density at radius 1 is 1.00 bits per heavy atom. The van der Waals surface area contributed by atoms with Crippen LogP contribution in [-0.2, 0) is 0 Å². The molecule has 6 heteroatoms. The van der Waals surface area contributed by atoms with E-state index in [1.807, 2.05) is 21.7 Å². The van der Waals surface area contributed by atoms with Gasteiger partial charge in [-0.3, -0.25) is 9.69 Å². The lowest BCUT2D eigenvalue weighted by Gasteiger charge is -2.40. The zero-order valence-electron chi connectivity index (χ0n) is 13.8. The summed E-state index contributed by atoms with van der Waals surface area (Å²) in [6.07, 6.45) is 12.7. The molecule has 3 aliphatic rings. The lowest BCUT2D eigenvalue weighted by Crippen LogP contribution is -2.53. The molecule has 5 rings (SSSR count). The van der Waals surface area contributed by atoms with Gasteiger partial charge >= 0.3 is 0 Å². The van der Waals surface area contributed by atoms with Gasteiger partial charge in [0.2, 0.25) is 0 Å². The fraction of sp³-hybridized carbons (Fsp3) is 0.611. The summed E-state index contributed by atoms with van der Waals surface area (Å²) in [6.45, 7) is 3.60. The van der Waals surface area contributed by atoms with Crippen LogP contribution in [-0.4, -0.2) is 62.3 Å². The maximum Gasteiger partial charge on any atom is 0.276 e. The molecule has 0 unspecified atom stereocenters. The van der Waals surface area contributed by atoms with Crippen LogP contribution in [0.15, 0.2) is 24.8 Å². The number of piperazine rings is 1. The van der Waals surface area contributed by atoms with Crippen LogP contribution in [0.4, 0.5) is 0 Å². The second kappa shape index (κ2) is 5.55. The first-order valence-electron chi connectivity index (χ1n) is 9.10. The fourth-order valence-corrected chi connectivity index (χ4v) is 5.07. The largest absolute Gasteiger partial charge is 0.335 e. The highest BCUT2D eigenvalue weighted by atomic mass is 16.2. The number of fused-ring (bicyclic) bond motifs is 3. The molecule has 0 aromatic carbocycles. The predicted octanol–water partition coefficient (Wildman–Crippen LogP) is 1.68. The minimum atomic E-state index is 0.0133. The Hall–Kier alpha value is -1.95. The maximum atomic E-state index is 12.9. The summed E-state index contributed by atoms with van der Waals surface area (Å²) >= 11 is 0. The zero-order chi connectivity index (χ0) is 16.1. The van der Waals surface area contributed by atoms with Gasteiger partial charge in [0.1, 0.15) is 0 Å². The van der Waals surface area contributed by atoms with Gasteiger partial charge in [-0.05, 0) is 31.1 Å². The third-order valence-corrected chi connectivity index (χ3v) is 6.29. The van der Waals surface area contributed by atoms with E-state index in [1.54, 1.807) is 12.4 Å². The van der Waals surface area contributed by atoms with Gasteiger partial charge in [-0.2, -0.15) is 0 Å². The van der Waals surface area contributed by atoms with Gasteiger partial charge < -0.3 is 9.30 Å². The molecule has 1 amide bonds. The highest BCUT2D eigenvalue weighted by Crippen LogP contribution is 2.46. The molecule has 6 nitrogen and oxygen atoms in total. The van der Waals surface area contributed by atoms with Crippen molar-refractivity contribution in [3.05, 3.63) is 30.5 Å². The molecular weight excluding hydrogens is 302 g/mol. The lowest BCUT2D eigenvalue weighted by atomic mass is 9.93. The number of nitrogens with zero attached hydrogens (tertiary/aromatic N) is 5. The van der Waals surface area contributed by atoms with Gasteiger partial charge in [0.05, 0.1) is 0 Å². The summed E-state index contributed by atoms with van der Waals surface area (Å²) < 4.78 is 1.85. The molecule has 3 fully saturated rings. The van der Waals surface area contributed by atoms with E-state index in [2.05, 4.69) is 14.9 Å². The van der Waals surface area contributed by atoms with Crippen molar-refractivity contribution in [1.29, 1.82) is 0 Å². The molecule has 24 heavy (non-hydrogen) atoms. The number of carbonyl (C=O) groups excluding carboxylic acids is 1. The number of imidazole rings is 1. The summed E-state index contributed by atoms with van der Waals surface area (Å²) in [6, 6.07) is 0.773. The van der Waals surface area contributed by atoms with Crippen LogP contribution in [0.25, 0.3) is 5.65 Å². The number of rotatable bonds is 2. The first-order valence-corrected chi connectivity index (χ1v) is 9.10. The van der Waals surface area contributed by atoms with Gasteiger partial charge in [-0.1, -0.05) is 6.42 Å². The first kappa shape index (κ1) is 14.4. The van der Waals surface area contributed by atoms with Crippen molar-refractivity contribution in [2.75, 3.05) is 26.2 Å². The second-order valence-electron chi connectivity index (χ2n) is 7.50. The van der Waals surface area contributed by atoms with Gasteiger partial charge in [-0.25, -0.2) is 9.97 Å². The minimum Gasteiger partial charge on any atom is -0.335 e. The van der Waals surface area contributed by atoms with Crippen molar-refractivity contribution >= 4 is 11.6 Å². The third kappa shape index (κ3) is 2.24. The van der Waals surface area contributed by atoms with Gasteiger partial charge in [0, 0.05) is 57.0 Å². The fourth-order valence-electron chi connectivity index (χ4n) is 5.07. The average Bonchev–Trinajstić information content (AvgIpc) is 3.36. The molecule has 2 bridgehead atoms. The smallest absolute Gasteiger partial charge is 0.276 e. The quantitative estimate of drug-likeness (QED) is 0.843. The average molecular weight is 325 g/mol. The van der Waals surface area contributed by atoms with Crippen LogP contribution in [0.1, 0.15) is 36.2 Å². The van der Waals surface area contributed by atoms with Gasteiger partial charge in [-0.15, -0.1) is 0 Å². The lowest BCUT2D eigenvalue weighted by molar-refractivity contribution is 0.0492. The van der Waals surface area contributed by atoms with Crippen molar-refractivity contribution in [3.8, 4) is 0 Å². The maximum absolute atomic E-state index is 12.9. The molecule has 2 aromatic rings.